The second-order valence-electron chi connectivity index (χ2n) is 7.36. The fourth-order valence-electron chi connectivity index (χ4n) is 3.72. The summed E-state index contributed by atoms with van der Waals surface area (Å²) in [7, 11) is 0. The number of piperazine rings is 1. The smallest absolute Gasteiger partial charge is 0.253 e. The second kappa shape index (κ2) is 8.32. The fourth-order valence-corrected chi connectivity index (χ4v) is 3.72. The van der Waals surface area contributed by atoms with Crippen LogP contribution in [0.5, 0.6) is 0 Å². The molecule has 2 aliphatic rings. The Hall–Kier alpha value is -1.10. The molecule has 2 heterocycles. The lowest BCUT2D eigenvalue weighted by molar-refractivity contribution is 0.0581. The molecule has 0 bridgehead atoms. The Morgan fingerprint density at radius 3 is 2.38 bits per heavy atom. The first-order chi connectivity index (χ1) is 11.1. The molecular weight excluding hydrogens is 322 g/mol. The third-order valence-corrected chi connectivity index (χ3v) is 5.33. The summed E-state index contributed by atoms with van der Waals surface area (Å²) < 4.78 is 0. The molecule has 1 amide bonds. The van der Waals surface area contributed by atoms with Gasteiger partial charge in [-0.25, -0.2) is 0 Å². The van der Waals surface area contributed by atoms with E-state index in [9.17, 15) is 4.79 Å². The predicted octanol–water partition coefficient (Wildman–Crippen LogP) is 2.43. The van der Waals surface area contributed by atoms with Crippen molar-refractivity contribution in [1.29, 1.82) is 0 Å². The van der Waals surface area contributed by atoms with E-state index >= 15 is 0 Å². The van der Waals surface area contributed by atoms with Gasteiger partial charge in [-0.3, -0.25) is 9.69 Å². The number of amides is 1. The Kier molecular flexibility index (Phi) is 6.67. The molecule has 2 fully saturated rings. The second-order valence-corrected chi connectivity index (χ2v) is 7.36. The maximum atomic E-state index is 12.6. The predicted molar refractivity (Wildman–Crippen MR) is 101 cm³/mol. The summed E-state index contributed by atoms with van der Waals surface area (Å²) in [5, 5.41) is 3.47. The Labute approximate surface area is 152 Å². The van der Waals surface area contributed by atoms with Crippen LogP contribution in [0.1, 0.15) is 36.2 Å². The number of hydrogen-bond acceptors (Lipinski definition) is 3. The van der Waals surface area contributed by atoms with Crippen molar-refractivity contribution in [1.82, 2.24) is 15.1 Å². The quantitative estimate of drug-likeness (QED) is 0.905. The molecule has 0 aromatic heterocycles. The van der Waals surface area contributed by atoms with Gasteiger partial charge in [-0.1, -0.05) is 26.0 Å². The largest absolute Gasteiger partial charge is 0.336 e. The van der Waals surface area contributed by atoms with E-state index in [1.807, 2.05) is 17.0 Å². The molecule has 134 valence electrons. The topological polar surface area (TPSA) is 35.6 Å². The number of halogens is 1. The van der Waals surface area contributed by atoms with Gasteiger partial charge < -0.3 is 10.2 Å². The maximum Gasteiger partial charge on any atom is 0.253 e. The molecule has 0 spiro atoms. The Morgan fingerprint density at radius 2 is 1.83 bits per heavy atom. The number of carbonyl (C=O) groups is 1. The molecule has 1 unspecified atom stereocenters. The molecule has 1 atom stereocenters. The van der Waals surface area contributed by atoms with Crippen molar-refractivity contribution >= 4 is 18.3 Å². The maximum absolute atomic E-state index is 12.6. The highest BCUT2D eigenvalue weighted by atomic mass is 35.5. The van der Waals surface area contributed by atoms with Crippen LogP contribution in [0.15, 0.2) is 24.3 Å². The van der Waals surface area contributed by atoms with Gasteiger partial charge in [-0.05, 0) is 42.5 Å². The zero-order valence-corrected chi connectivity index (χ0v) is 15.7. The van der Waals surface area contributed by atoms with Crippen molar-refractivity contribution in [2.45, 2.75) is 26.7 Å². The summed E-state index contributed by atoms with van der Waals surface area (Å²) in [6, 6.07) is 8.08. The Morgan fingerprint density at radius 1 is 1.17 bits per heavy atom. The van der Waals surface area contributed by atoms with E-state index in [0.717, 1.165) is 57.8 Å². The summed E-state index contributed by atoms with van der Waals surface area (Å²) >= 11 is 0. The summed E-state index contributed by atoms with van der Waals surface area (Å²) in [6.07, 6.45) is 2.27. The number of carbonyl (C=O) groups excluding carboxylic acids is 1. The van der Waals surface area contributed by atoms with E-state index in [2.05, 4.69) is 36.2 Å². The van der Waals surface area contributed by atoms with E-state index < -0.39 is 0 Å². The van der Waals surface area contributed by atoms with Crippen LogP contribution in [-0.4, -0.2) is 61.5 Å². The average Bonchev–Trinajstić information content (AvgIpc) is 3.01. The minimum atomic E-state index is 0. The highest BCUT2D eigenvalue weighted by Crippen LogP contribution is 2.26. The van der Waals surface area contributed by atoms with Gasteiger partial charge in [0.15, 0.2) is 0 Å². The Balaban J connectivity index is 0.00000208. The molecular formula is C19H30ClN3O. The monoisotopic (exact) mass is 351 g/mol. The van der Waals surface area contributed by atoms with E-state index in [4.69, 9.17) is 0 Å². The van der Waals surface area contributed by atoms with E-state index in [1.165, 1.54) is 12.0 Å². The number of aryl methyl sites for hydroxylation is 1. The summed E-state index contributed by atoms with van der Waals surface area (Å²) in [5.74, 6) is 0.182. The first kappa shape index (κ1) is 19.2. The van der Waals surface area contributed by atoms with Crippen LogP contribution in [-0.2, 0) is 6.42 Å². The highest BCUT2D eigenvalue weighted by molar-refractivity contribution is 5.94. The van der Waals surface area contributed by atoms with Crippen molar-refractivity contribution in [2.24, 2.45) is 5.41 Å². The van der Waals surface area contributed by atoms with E-state index in [-0.39, 0.29) is 18.3 Å². The highest BCUT2D eigenvalue weighted by Gasteiger charge is 2.32. The van der Waals surface area contributed by atoms with E-state index in [0.29, 0.717) is 5.41 Å². The first-order valence-electron chi connectivity index (χ1n) is 8.91. The summed E-state index contributed by atoms with van der Waals surface area (Å²) in [6.45, 7) is 11.6. The fraction of sp³-hybridized carbons (Fsp3) is 0.632. The average molecular weight is 352 g/mol. The van der Waals surface area contributed by atoms with E-state index in [1.54, 1.807) is 0 Å². The van der Waals surface area contributed by atoms with Gasteiger partial charge in [0, 0.05) is 44.8 Å². The summed E-state index contributed by atoms with van der Waals surface area (Å²) in [5.41, 5.74) is 2.51. The van der Waals surface area contributed by atoms with Crippen molar-refractivity contribution in [3.63, 3.8) is 0 Å². The van der Waals surface area contributed by atoms with Crippen LogP contribution >= 0.6 is 12.4 Å². The van der Waals surface area contributed by atoms with Crippen LogP contribution in [0, 0.1) is 5.41 Å². The number of benzene rings is 1. The minimum absolute atomic E-state index is 0. The zero-order chi connectivity index (χ0) is 16.3. The van der Waals surface area contributed by atoms with Gasteiger partial charge >= 0.3 is 0 Å². The minimum Gasteiger partial charge on any atom is -0.336 e. The first-order valence-corrected chi connectivity index (χ1v) is 8.91. The third-order valence-electron chi connectivity index (χ3n) is 5.33. The molecule has 24 heavy (non-hydrogen) atoms. The van der Waals surface area contributed by atoms with Crippen LogP contribution < -0.4 is 5.32 Å². The standard InChI is InChI=1S/C19H29N3O.ClH/c1-3-16-4-6-17(7-5-16)18(23)22-12-10-21(11-13-22)15-19(2)8-9-20-14-19;/h4-7,20H,3,8-15H2,1-2H3;1H. The molecule has 1 N–H and O–H groups in total. The molecule has 2 aliphatic heterocycles. The lowest BCUT2D eigenvalue weighted by atomic mass is 9.89. The van der Waals surface area contributed by atoms with Crippen LogP contribution in [0.2, 0.25) is 0 Å². The van der Waals surface area contributed by atoms with Gasteiger partial charge in [-0.2, -0.15) is 0 Å². The Bertz CT molecular complexity index is 532. The molecule has 1 aromatic rings. The van der Waals surface area contributed by atoms with Crippen LogP contribution in [0.25, 0.3) is 0 Å². The molecule has 0 aliphatic carbocycles. The van der Waals surface area contributed by atoms with Gasteiger partial charge in [0.25, 0.3) is 5.91 Å². The van der Waals surface area contributed by atoms with Crippen molar-refractivity contribution < 1.29 is 4.79 Å². The number of hydrogen-bond donors (Lipinski definition) is 1. The number of rotatable bonds is 4. The SMILES string of the molecule is CCc1ccc(C(=O)N2CCN(CC3(C)CCNC3)CC2)cc1.Cl. The third kappa shape index (κ3) is 4.50. The van der Waals surface area contributed by atoms with Gasteiger partial charge in [0.2, 0.25) is 0 Å². The lowest BCUT2D eigenvalue weighted by Gasteiger charge is -2.38. The summed E-state index contributed by atoms with van der Waals surface area (Å²) in [4.78, 5) is 17.1. The molecule has 2 saturated heterocycles. The van der Waals surface area contributed by atoms with Gasteiger partial charge in [0.1, 0.15) is 0 Å². The zero-order valence-electron chi connectivity index (χ0n) is 14.9. The molecule has 4 nitrogen and oxygen atoms in total. The number of nitrogens with one attached hydrogen (secondary N) is 1. The lowest BCUT2D eigenvalue weighted by Crippen LogP contribution is -2.51. The molecule has 5 heteroatoms. The molecule has 0 radical (unpaired) electrons. The van der Waals surface area contributed by atoms with Crippen LogP contribution in [0.4, 0.5) is 0 Å². The molecule has 3 rings (SSSR count). The van der Waals surface area contributed by atoms with Crippen molar-refractivity contribution in [3.05, 3.63) is 35.4 Å². The normalized spacial score (nSPS) is 24.7. The van der Waals surface area contributed by atoms with Crippen LogP contribution in [0.3, 0.4) is 0 Å². The van der Waals surface area contributed by atoms with Crippen molar-refractivity contribution in [2.75, 3.05) is 45.8 Å². The van der Waals surface area contributed by atoms with Gasteiger partial charge in [-0.15, -0.1) is 12.4 Å². The van der Waals surface area contributed by atoms with Crippen molar-refractivity contribution in [3.8, 4) is 0 Å². The molecule has 1 aromatic carbocycles. The number of nitrogens with zero attached hydrogens (tertiary/aromatic N) is 2. The van der Waals surface area contributed by atoms with Gasteiger partial charge in [0.05, 0.1) is 0 Å². The molecule has 0 saturated carbocycles.